The second-order valence-corrected chi connectivity index (χ2v) is 6.89. The molecule has 0 bridgehead atoms. The van der Waals surface area contributed by atoms with E-state index in [2.05, 4.69) is 22.4 Å². The summed E-state index contributed by atoms with van der Waals surface area (Å²) in [6.45, 7) is 0. The summed E-state index contributed by atoms with van der Waals surface area (Å²) in [6, 6.07) is 4.67. The number of hydrogen-bond acceptors (Lipinski definition) is 4. The highest BCUT2D eigenvalue weighted by atomic mass is 15.1. The number of nitriles is 2. The molecule has 0 amide bonds. The second kappa shape index (κ2) is 9.57. The van der Waals surface area contributed by atoms with E-state index < -0.39 is 0 Å². The molecule has 120 valence electrons. The van der Waals surface area contributed by atoms with Crippen molar-refractivity contribution >= 4 is 0 Å². The Balaban J connectivity index is 1.99. The van der Waals surface area contributed by atoms with Crippen LogP contribution in [-0.4, -0.2) is 12.1 Å². The first-order valence-corrected chi connectivity index (χ1v) is 8.99. The molecule has 0 aromatic carbocycles. The quantitative estimate of drug-likeness (QED) is 0.635. The van der Waals surface area contributed by atoms with Gasteiger partial charge in [-0.2, -0.15) is 20.8 Å². The van der Waals surface area contributed by atoms with E-state index in [1.54, 1.807) is 0 Å². The molecule has 22 heavy (non-hydrogen) atoms. The van der Waals surface area contributed by atoms with E-state index in [9.17, 15) is 0 Å². The first-order chi connectivity index (χ1) is 10.8. The average molecular weight is 300 g/mol. The number of rotatable bonds is 6. The van der Waals surface area contributed by atoms with Crippen molar-refractivity contribution in [2.24, 2.45) is 22.1 Å². The molecule has 0 N–H and O–H groups in total. The van der Waals surface area contributed by atoms with Crippen LogP contribution in [0, 0.1) is 34.5 Å². The number of hydrogen-bond donors (Lipinski definition) is 0. The second-order valence-electron chi connectivity index (χ2n) is 6.89. The predicted octanol–water partition coefficient (Wildman–Crippen LogP) is 5.16. The lowest BCUT2D eigenvalue weighted by atomic mass is 9.83. The van der Waals surface area contributed by atoms with Gasteiger partial charge in [0.25, 0.3) is 0 Å². The Hall–Kier alpha value is -1.42. The molecule has 2 atom stereocenters. The number of azo groups is 1. The molecule has 2 saturated carbocycles. The van der Waals surface area contributed by atoms with Crippen LogP contribution in [0.25, 0.3) is 0 Å². The van der Waals surface area contributed by atoms with Crippen molar-refractivity contribution in [3.63, 3.8) is 0 Å². The molecule has 2 aliphatic rings. The van der Waals surface area contributed by atoms with Crippen LogP contribution in [0.3, 0.4) is 0 Å². The lowest BCUT2D eigenvalue weighted by Gasteiger charge is -2.28. The van der Waals surface area contributed by atoms with E-state index in [-0.39, 0.29) is 12.1 Å². The van der Waals surface area contributed by atoms with Crippen molar-refractivity contribution in [2.75, 3.05) is 0 Å². The van der Waals surface area contributed by atoms with E-state index >= 15 is 0 Å². The minimum absolute atomic E-state index is 0.0510. The summed E-state index contributed by atoms with van der Waals surface area (Å²) in [4.78, 5) is 0. The molecule has 0 saturated heterocycles. The van der Waals surface area contributed by atoms with Crippen molar-refractivity contribution in [3.8, 4) is 12.1 Å². The van der Waals surface area contributed by atoms with Gasteiger partial charge in [0, 0.05) is 0 Å². The zero-order valence-corrected chi connectivity index (χ0v) is 13.6. The molecular formula is C18H28N4. The van der Waals surface area contributed by atoms with Gasteiger partial charge in [-0.05, 0) is 37.5 Å². The van der Waals surface area contributed by atoms with Gasteiger partial charge >= 0.3 is 0 Å². The Labute approximate surface area is 134 Å². The molecule has 0 spiro atoms. The molecule has 2 rings (SSSR count). The monoisotopic (exact) mass is 300 g/mol. The van der Waals surface area contributed by atoms with Crippen LogP contribution in [-0.2, 0) is 0 Å². The summed E-state index contributed by atoms with van der Waals surface area (Å²) in [5.41, 5.74) is 0. The van der Waals surface area contributed by atoms with Crippen molar-refractivity contribution in [1.82, 2.24) is 0 Å². The van der Waals surface area contributed by atoms with Gasteiger partial charge in [0.05, 0.1) is 37.1 Å². The SMILES string of the molecule is N#CCC(N=NC(CC#N)C1CCCCC1)C1CCCCC1. The molecule has 2 unspecified atom stereocenters. The third kappa shape index (κ3) is 5.09. The minimum Gasteiger partial charge on any atom is -0.198 e. The van der Waals surface area contributed by atoms with E-state index in [0.29, 0.717) is 24.7 Å². The van der Waals surface area contributed by atoms with Crippen molar-refractivity contribution < 1.29 is 0 Å². The number of nitrogens with zero attached hydrogens (tertiary/aromatic N) is 4. The Morgan fingerprint density at radius 1 is 0.682 bits per heavy atom. The largest absolute Gasteiger partial charge is 0.198 e. The Morgan fingerprint density at radius 3 is 1.36 bits per heavy atom. The average Bonchev–Trinajstić information content (AvgIpc) is 2.59. The summed E-state index contributed by atoms with van der Waals surface area (Å²) in [5, 5.41) is 27.3. The standard InChI is InChI=1S/C18H28N4/c19-13-11-17(15-7-3-1-4-8-15)21-22-18(12-14-20)16-9-5-2-6-10-16/h15-18H,1-12H2. The fourth-order valence-corrected chi connectivity index (χ4v) is 4.00. The Kier molecular flexibility index (Phi) is 7.37. The Morgan fingerprint density at radius 2 is 1.05 bits per heavy atom. The smallest absolute Gasteiger partial charge is 0.0866 e. The van der Waals surface area contributed by atoms with Gasteiger partial charge in [-0.1, -0.05) is 38.5 Å². The maximum Gasteiger partial charge on any atom is 0.0866 e. The molecule has 0 heterocycles. The first-order valence-electron chi connectivity index (χ1n) is 8.99. The van der Waals surface area contributed by atoms with Crippen LogP contribution in [0.1, 0.15) is 77.0 Å². The highest BCUT2D eigenvalue weighted by Gasteiger charge is 2.26. The van der Waals surface area contributed by atoms with Gasteiger partial charge in [0.15, 0.2) is 0 Å². The summed E-state index contributed by atoms with van der Waals surface area (Å²) >= 11 is 0. The van der Waals surface area contributed by atoms with Crippen LogP contribution in [0.4, 0.5) is 0 Å². The highest BCUT2D eigenvalue weighted by molar-refractivity contribution is 4.89. The summed E-state index contributed by atoms with van der Waals surface area (Å²) in [6.07, 6.45) is 13.3. The van der Waals surface area contributed by atoms with Gasteiger partial charge in [-0.15, -0.1) is 0 Å². The van der Waals surface area contributed by atoms with Gasteiger partial charge in [0.1, 0.15) is 0 Å². The summed E-state index contributed by atoms with van der Waals surface area (Å²) in [7, 11) is 0. The van der Waals surface area contributed by atoms with Gasteiger partial charge in [-0.3, -0.25) is 0 Å². The summed E-state index contributed by atoms with van der Waals surface area (Å²) < 4.78 is 0. The molecule has 0 aliphatic heterocycles. The Bertz CT molecular complexity index is 379. The summed E-state index contributed by atoms with van der Waals surface area (Å²) in [5.74, 6) is 1.04. The van der Waals surface area contributed by atoms with Crippen molar-refractivity contribution in [1.29, 1.82) is 10.5 Å². The first kappa shape index (κ1) is 16.9. The fraction of sp³-hybridized carbons (Fsp3) is 0.889. The van der Waals surface area contributed by atoms with Crippen LogP contribution in [0.5, 0.6) is 0 Å². The lowest BCUT2D eigenvalue weighted by molar-refractivity contribution is 0.277. The van der Waals surface area contributed by atoms with E-state index in [1.165, 1.54) is 64.2 Å². The van der Waals surface area contributed by atoms with E-state index in [0.717, 1.165) is 0 Å². The normalized spacial score (nSPS) is 23.7. The van der Waals surface area contributed by atoms with Crippen LogP contribution >= 0.6 is 0 Å². The highest BCUT2D eigenvalue weighted by Crippen LogP contribution is 2.32. The van der Waals surface area contributed by atoms with E-state index in [1.807, 2.05) is 0 Å². The van der Waals surface area contributed by atoms with E-state index in [4.69, 9.17) is 10.5 Å². The topological polar surface area (TPSA) is 72.3 Å². The van der Waals surface area contributed by atoms with Gasteiger partial charge < -0.3 is 0 Å². The van der Waals surface area contributed by atoms with Crippen molar-refractivity contribution in [2.45, 2.75) is 89.1 Å². The molecule has 4 heteroatoms. The third-order valence-electron chi connectivity index (χ3n) is 5.35. The fourth-order valence-electron chi connectivity index (χ4n) is 4.00. The molecule has 0 radical (unpaired) electrons. The predicted molar refractivity (Wildman–Crippen MR) is 86.0 cm³/mol. The maximum atomic E-state index is 9.08. The minimum atomic E-state index is 0.0510. The van der Waals surface area contributed by atoms with Crippen LogP contribution in [0.2, 0.25) is 0 Å². The van der Waals surface area contributed by atoms with Crippen LogP contribution in [0.15, 0.2) is 10.2 Å². The third-order valence-corrected chi connectivity index (χ3v) is 5.35. The zero-order valence-electron chi connectivity index (χ0n) is 13.6. The maximum absolute atomic E-state index is 9.08. The molecule has 0 aromatic rings. The van der Waals surface area contributed by atoms with Gasteiger partial charge in [0.2, 0.25) is 0 Å². The molecule has 0 aromatic heterocycles. The van der Waals surface area contributed by atoms with Gasteiger partial charge in [-0.25, -0.2) is 0 Å². The zero-order chi connectivity index (χ0) is 15.6. The molecule has 2 fully saturated rings. The molecule has 2 aliphatic carbocycles. The van der Waals surface area contributed by atoms with Crippen LogP contribution < -0.4 is 0 Å². The van der Waals surface area contributed by atoms with Crippen molar-refractivity contribution in [3.05, 3.63) is 0 Å². The molecule has 4 nitrogen and oxygen atoms in total. The molecular weight excluding hydrogens is 272 g/mol. The lowest BCUT2D eigenvalue weighted by Crippen LogP contribution is -2.24.